The molecule has 0 aromatic heterocycles. The van der Waals surface area contributed by atoms with Gasteiger partial charge in [0.1, 0.15) is 23.2 Å². The first-order chi connectivity index (χ1) is 14.2. The van der Waals surface area contributed by atoms with Gasteiger partial charge in [0.25, 0.3) is 0 Å². The first-order valence-corrected chi connectivity index (χ1v) is 10.7. The Balaban J connectivity index is 0.00000363. The Morgan fingerprint density at radius 2 is 1.75 bits per heavy atom. The van der Waals surface area contributed by atoms with Crippen LogP contribution in [0.1, 0.15) is 46.2 Å². The van der Waals surface area contributed by atoms with Crippen molar-refractivity contribution in [2.75, 3.05) is 0 Å². The molecule has 11 heteroatoms. The number of β-lactam (4-membered cyclic amide) rings is 1. The van der Waals surface area contributed by atoms with E-state index in [-0.39, 0.29) is 63.0 Å². The number of fused-ring (bicyclic) bond motifs is 1. The zero-order chi connectivity index (χ0) is 23.3. The number of phenolic OH excluding ortho intramolecular Hbond substituents is 1. The van der Waals surface area contributed by atoms with Crippen LogP contribution in [-0.2, 0) is 19.2 Å². The quantitative estimate of drug-likeness (QED) is 0.295. The molecule has 1 aromatic carbocycles. The van der Waals surface area contributed by atoms with Gasteiger partial charge in [0, 0.05) is 10.2 Å². The summed E-state index contributed by atoms with van der Waals surface area (Å²) in [7, 11) is 0. The number of phenols is 1. The molecule has 3 amide bonds. The van der Waals surface area contributed by atoms with Crippen molar-refractivity contribution in [2.24, 2.45) is 5.41 Å². The Kier molecular flexibility index (Phi) is 8.17. The van der Waals surface area contributed by atoms with E-state index in [1.54, 1.807) is 34.6 Å². The molecule has 0 bridgehead atoms. The summed E-state index contributed by atoms with van der Waals surface area (Å²) in [5, 5.41) is 25.9. The molecule has 9 nitrogen and oxygen atoms in total. The minimum atomic E-state index is -1.34. The van der Waals surface area contributed by atoms with E-state index in [4.69, 9.17) is 0 Å². The van der Waals surface area contributed by atoms with E-state index in [1.165, 1.54) is 40.9 Å². The molecule has 0 radical (unpaired) electrons. The molecule has 2 aliphatic rings. The SMILES string of the molecule is CC(C)(C)C(=O)N[C@@H](C(=O)N[C@@H]1C(=O)N2[C@@H]1SC(C)(C)[C@@H]2C(=O)[O-])c1ccc(O)cc1.[K+]. The molecule has 2 aliphatic heterocycles. The maximum absolute atomic E-state index is 13.1. The Bertz CT molecular complexity index is 930. The zero-order valence-corrected chi connectivity index (χ0v) is 22.9. The van der Waals surface area contributed by atoms with Gasteiger partial charge in [0.15, 0.2) is 0 Å². The second-order valence-electron chi connectivity index (χ2n) is 9.31. The van der Waals surface area contributed by atoms with Gasteiger partial charge < -0.3 is 30.5 Å². The fraction of sp³-hybridized carbons (Fsp3) is 0.524. The Labute approximate surface area is 233 Å². The molecule has 3 rings (SSSR count). The van der Waals surface area contributed by atoms with E-state index in [0.29, 0.717) is 5.56 Å². The maximum atomic E-state index is 13.1. The van der Waals surface area contributed by atoms with Crippen molar-refractivity contribution < 1.29 is 80.8 Å². The summed E-state index contributed by atoms with van der Waals surface area (Å²) in [6.45, 7) is 8.55. The normalized spacial score (nSPS) is 24.5. The van der Waals surface area contributed by atoms with Crippen LogP contribution in [0.2, 0.25) is 0 Å². The van der Waals surface area contributed by atoms with Gasteiger partial charge in [-0.15, -0.1) is 11.8 Å². The van der Waals surface area contributed by atoms with Gasteiger partial charge in [0.05, 0.1) is 12.0 Å². The van der Waals surface area contributed by atoms with E-state index in [1.807, 2.05) is 0 Å². The molecule has 3 N–H and O–H groups in total. The van der Waals surface area contributed by atoms with Crippen LogP contribution < -0.4 is 67.1 Å². The average Bonchev–Trinajstić information content (AvgIpc) is 2.92. The van der Waals surface area contributed by atoms with Crippen LogP contribution in [0.3, 0.4) is 0 Å². The zero-order valence-electron chi connectivity index (χ0n) is 19.0. The third kappa shape index (κ3) is 5.17. The molecule has 0 unspecified atom stereocenters. The van der Waals surface area contributed by atoms with Crippen molar-refractivity contribution in [3.63, 3.8) is 0 Å². The molecule has 32 heavy (non-hydrogen) atoms. The summed E-state index contributed by atoms with van der Waals surface area (Å²) in [4.78, 5) is 51.1. The fourth-order valence-corrected chi connectivity index (χ4v) is 5.30. The van der Waals surface area contributed by atoms with Gasteiger partial charge in [-0.3, -0.25) is 14.4 Å². The number of nitrogens with one attached hydrogen (secondary N) is 2. The third-order valence-electron chi connectivity index (χ3n) is 5.41. The van der Waals surface area contributed by atoms with Crippen molar-refractivity contribution in [3.8, 4) is 5.75 Å². The molecule has 2 saturated heterocycles. The predicted octanol–water partition coefficient (Wildman–Crippen LogP) is -3.10. The summed E-state index contributed by atoms with van der Waals surface area (Å²) in [6, 6.07) is 2.73. The second kappa shape index (κ2) is 9.63. The van der Waals surface area contributed by atoms with E-state index in [0.717, 1.165) is 0 Å². The number of benzene rings is 1. The number of carboxylic acids is 1. The second-order valence-corrected chi connectivity index (χ2v) is 11.1. The molecule has 168 valence electrons. The summed E-state index contributed by atoms with van der Waals surface area (Å²) >= 11 is 1.28. The molecule has 2 fully saturated rings. The Hall–Kier alpha value is -1.11. The van der Waals surface area contributed by atoms with Crippen LogP contribution in [0.15, 0.2) is 24.3 Å². The Morgan fingerprint density at radius 1 is 1.19 bits per heavy atom. The first-order valence-electron chi connectivity index (χ1n) is 9.85. The number of amides is 3. The molecule has 2 heterocycles. The van der Waals surface area contributed by atoms with Gasteiger partial charge in [-0.2, -0.15) is 0 Å². The summed E-state index contributed by atoms with van der Waals surface area (Å²) in [5.74, 6) is -2.80. The van der Waals surface area contributed by atoms with Crippen molar-refractivity contribution in [1.29, 1.82) is 0 Å². The molecular formula is C21H26KN3O6S. The number of aliphatic carboxylic acids is 1. The van der Waals surface area contributed by atoms with E-state index >= 15 is 0 Å². The molecule has 0 saturated carbocycles. The summed E-state index contributed by atoms with van der Waals surface area (Å²) < 4.78 is -0.768. The van der Waals surface area contributed by atoms with Gasteiger partial charge in [-0.1, -0.05) is 32.9 Å². The standard InChI is InChI=1S/C21H27N3O6S.K/c1-20(2,3)19(30)23-12(10-6-8-11(25)9-7-10)15(26)22-13-16(27)24-14(18(28)29)21(4,5)31-17(13)24;/h6-9,12-14,17,25H,1-5H3,(H,22,26)(H,23,30)(H,28,29);/q;+1/p-1/t12-,13-,14+,17-;/m1./s1. The monoisotopic (exact) mass is 487 g/mol. The van der Waals surface area contributed by atoms with Crippen LogP contribution in [-0.4, -0.2) is 55.9 Å². The summed E-state index contributed by atoms with van der Waals surface area (Å²) in [6.07, 6.45) is 0. The number of rotatable bonds is 5. The number of hydrogen-bond acceptors (Lipinski definition) is 7. The maximum Gasteiger partial charge on any atom is 1.00 e. The average molecular weight is 488 g/mol. The topological polar surface area (TPSA) is 139 Å². The molecule has 0 aliphatic carbocycles. The van der Waals surface area contributed by atoms with Crippen molar-refractivity contribution >= 4 is 35.5 Å². The number of carbonyl (C=O) groups is 4. The van der Waals surface area contributed by atoms with E-state index in [9.17, 15) is 29.4 Å². The minimum Gasteiger partial charge on any atom is -0.548 e. The Morgan fingerprint density at radius 3 is 2.25 bits per heavy atom. The number of thioether (sulfide) groups is 1. The molecule has 1 aromatic rings. The van der Waals surface area contributed by atoms with Gasteiger partial charge in [-0.05, 0) is 31.5 Å². The van der Waals surface area contributed by atoms with Crippen molar-refractivity contribution in [3.05, 3.63) is 29.8 Å². The van der Waals surface area contributed by atoms with Crippen LogP contribution in [0.25, 0.3) is 0 Å². The number of aromatic hydroxyl groups is 1. The smallest absolute Gasteiger partial charge is 0.548 e. The van der Waals surface area contributed by atoms with Crippen LogP contribution in [0, 0.1) is 5.41 Å². The summed E-state index contributed by atoms with van der Waals surface area (Å²) in [5.41, 5.74) is -0.325. The largest absolute Gasteiger partial charge is 1.00 e. The van der Waals surface area contributed by atoms with Crippen molar-refractivity contribution in [1.82, 2.24) is 15.5 Å². The molecule has 4 atom stereocenters. The van der Waals surface area contributed by atoms with E-state index in [2.05, 4.69) is 10.6 Å². The van der Waals surface area contributed by atoms with Gasteiger partial charge >= 0.3 is 51.4 Å². The fourth-order valence-electron chi connectivity index (χ4n) is 3.68. The third-order valence-corrected chi connectivity index (χ3v) is 6.98. The van der Waals surface area contributed by atoms with Gasteiger partial charge in [0.2, 0.25) is 17.7 Å². The number of hydrogen-bond donors (Lipinski definition) is 3. The van der Waals surface area contributed by atoms with Crippen molar-refractivity contribution in [2.45, 2.75) is 62.9 Å². The van der Waals surface area contributed by atoms with Crippen LogP contribution in [0.4, 0.5) is 0 Å². The van der Waals surface area contributed by atoms with Gasteiger partial charge in [-0.25, -0.2) is 0 Å². The minimum absolute atomic E-state index is 0. The van der Waals surface area contributed by atoms with Crippen LogP contribution in [0.5, 0.6) is 5.75 Å². The van der Waals surface area contributed by atoms with E-state index < -0.39 is 51.4 Å². The number of carbonyl (C=O) groups excluding carboxylic acids is 4. The number of carboxylic acid groups (broad SMARTS) is 1. The van der Waals surface area contributed by atoms with Crippen LogP contribution >= 0.6 is 11.8 Å². The predicted molar refractivity (Wildman–Crippen MR) is 111 cm³/mol. The molecule has 0 spiro atoms. The molecular weight excluding hydrogens is 461 g/mol. The number of nitrogens with zero attached hydrogens (tertiary/aromatic N) is 1. The first kappa shape index (κ1) is 27.1.